The lowest BCUT2D eigenvalue weighted by atomic mass is 9.98. The first kappa shape index (κ1) is 10.9. The van der Waals surface area contributed by atoms with Crippen molar-refractivity contribution < 1.29 is 4.74 Å². The molecule has 0 aliphatic heterocycles. The SMILES string of the molecule is N#Cc1ccc(O[C@H]2CC3CCC2C3)cc1Cl. The van der Waals surface area contributed by atoms with Crippen molar-refractivity contribution in [2.75, 3.05) is 0 Å². The summed E-state index contributed by atoms with van der Waals surface area (Å²) in [6.45, 7) is 0. The molecule has 1 aromatic rings. The van der Waals surface area contributed by atoms with Crippen LogP contribution in [0, 0.1) is 23.2 Å². The number of fused-ring (bicyclic) bond motifs is 2. The molecule has 2 saturated carbocycles. The van der Waals surface area contributed by atoms with E-state index in [1.807, 2.05) is 6.07 Å². The van der Waals surface area contributed by atoms with Gasteiger partial charge < -0.3 is 4.74 Å². The molecule has 0 N–H and O–H groups in total. The number of benzene rings is 1. The van der Waals surface area contributed by atoms with E-state index in [1.54, 1.807) is 12.1 Å². The minimum absolute atomic E-state index is 0.359. The van der Waals surface area contributed by atoms with Crippen LogP contribution < -0.4 is 4.74 Å². The lowest BCUT2D eigenvalue weighted by molar-refractivity contribution is 0.138. The number of hydrogen-bond donors (Lipinski definition) is 0. The minimum Gasteiger partial charge on any atom is -0.490 e. The second-order valence-electron chi connectivity index (χ2n) is 5.08. The standard InChI is InChI=1S/C14H14ClNO/c15-13-7-12(4-3-11(13)8-16)17-14-6-9-1-2-10(14)5-9/h3-4,7,9-10,14H,1-2,5-6H2/t9?,10?,14-/m0/s1. The Labute approximate surface area is 106 Å². The molecule has 3 atom stereocenters. The Hall–Kier alpha value is -1.20. The lowest BCUT2D eigenvalue weighted by Gasteiger charge is -2.23. The Morgan fingerprint density at radius 3 is 2.76 bits per heavy atom. The summed E-state index contributed by atoms with van der Waals surface area (Å²) in [4.78, 5) is 0. The van der Waals surface area contributed by atoms with Crippen LogP contribution in [0.3, 0.4) is 0 Å². The Morgan fingerprint density at radius 2 is 2.18 bits per heavy atom. The predicted octanol–water partition coefficient (Wildman–Crippen LogP) is 3.78. The fraction of sp³-hybridized carbons (Fsp3) is 0.500. The van der Waals surface area contributed by atoms with Crippen molar-refractivity contribution in [3.8, 4) is 11.8 Å². The van der Waals surface area contributed by atoms with Crippen LogP contribution in [0.2, 0.25) is 5.02 Å². The van der Waals surface area contributed by atoms with Crippen LogP contribution in [0.15, 0.2) is 18.2 Å². The molecule has 0 spiro atoms. The molecule has 2 unspecified atom stereocenters. The van der Waals surface area contributed by atoms with Crippen molar-refractivity contribution in [3.05, 3.63) is 28.8 Å². The number of nitrogens with zero attached hydrogens (tertiary/aromatic N) is 1. The van der Waals surface area contributed by atoms with Gasteiger partial charge in [0.1, 0.15) is 17.9 Å². The molecule has 3 heteroatoms. The smallest absolute Gasteiger partial charge is 0.121 e. The van der Waals surface area contributed by atoms with Crippen molar-refractivity contribution in [2.24, 2.45) is 11.8 Å². The third-order valence-corrected chi connectivity index (χ3v) is 4.33. The molecule has 2 aliphatic rings. The molecule has 0 saturated heterocycles. The van der Waals surface area contributed by atoms with E-state index in [1.165, 1.54) is 25.7 Å². The van der Waals surface area contributed by atoms with Gasteiger partial charge in [0, 0.05) is 6.07 Å². The number of hydrogen-bond acceptors (Lipinski definition) is 2. The molecular formula is C14H14ClNO. The third-order valence-electron chi connectivity index (χ3n) is 4.02. The van der Waals surface area contributed by atoms with E-state index >= 15 is 0 Å². The molecule has 0 aromatic heterocycles. The van der Waals surface area contributed by atoms with E-state index in [9.17, 15) is 0 Å². The summed E-state index contributed by atoms with van der Waals surface area (Å²) in [6.07, 6.45) is 5.55. The topological polar surface area (TPSA) is 33.0 Å². The summed E-state index contributed by atoms with van der Waals surface area (Å²) in [6, 6.07) is 7.38. The predicted molar refractivity (Wildman–Crippen MR) is 66.0 cm³/mol. The highest BCUT2D eigenvalue weighted by molar-refractivity contribution is 6.31. The van der Waals surface area contributed by atoms with Gasteiger partial charge in [-0.05, 0) is 49.7 Å². The fourth-order valence-corrected chi connectivity index (χ4v) is 3.38. The third kappa shape index (κ3) is 2.00. The van der Waals surface area contributed by atoms with Gasteiger partial charge in [-0.1, -0.05) is 11.6 Å². The summed E-state index contributed by atoms with van der Waals surface area (Å²) in [7, 11) is 0. The molecule has 0 heterocycles. The average molecular weight is 248 g/mol. The summed E-state index contributed by atoms with van der Waals surface area (Å²) in [5, 5.41) is 9.28. The zero-order valence-corrected chi connectivity index (χ0v) is 10.3. The molecule has 0 amide bonds. The van der Waals surface area contributed by atoms with E-state index in [0.717, 1.165) is 17.6 Å². The van der Waals surface area contributed by atoms with E-state index < -0.39 is 0 Å². The Morgan fingerprint density at radius 1 is 1.29 bits per heavy atom. The minimum atomic E-state index is 0.359. The highest BCUT2D eigenvalue weighted by atomic mass is 35.5. The second kappa shape index (κ2) is 4.23. The van der Waals surface area contributed by atoms with Gasteiger partial charge in [-0.15, -0.1) is 0 Å². The number of halogens is 1. The van der Waals surface area contributed by atoms with Crippen molar-refractivity contribution in [1.29, 1.82) is 5.26 Å². The van der Waals surface area contributed by atoms with Crippen LogP contribution in [0.25, 0.3) is 0 Å². The molecule has 2 bridgehead atoms. The van der Waals surface area contributed by atoms with Gasteiger partial charge in [-0.3, -0.25) is 0 Å². The van der Waals surface area contributed by atoms with Gasteiger partial charge in [0.2, 0.25) is 0 Å². The molecule has 3 rings (SSSR count). The molecular weight excluding hydrogens is 234 g/mol. The molecule has 1 aromatic carbocycles. The van der Waals surface area contributed by atoms with Crippen LogP contribution >= 0.6 is 11.6 Å². The van der Waals surface area contributed by atoms with Crippen LogP contribution in [0.4, 0.5) is 0 Å². The Bertz CT molecular complexity index is 480. The molecule has 0 radical (unpaired) electrons. The molecule has 2 nitrogen and oxygen atoms in total. The summed E-state index contributed by atoms with van der Waals surface area (Å²) in [5.74, 6) is 2.40. The van der Waals surface area contributed by atoms with Crippen LogP contribution in [-0.2, 0) is 0 Å². The van der Waals surface area contributed by atoms with Crippen molar-refractivity contribution in [2.45, 2.75) is 31.8 Å². The van der Waals surface area contributed by atoms with E-state index in [4.69, 9.17) is 21.6 Å². The largest absolute Gasteiger partial charge is 0.490 e. The zero-order chi connectivity index (χ0) is 11.8. The maximum atomic E-state index is 8.80. The van der Waals surface area contributed by atoms with E-state index in [-0.39, 0.29) is 0 Å². The van der Waals surface area contributed by atoms with Crippen LogP contribution in [0.1, 0.15) is 31.2 Å². The first-order valence-corrected chi connectivity index (χ1v) is 6.50. The Kier molecular flexibility index (Phi) is 2.72. The van der Waals surface area contributed by atoms with Crippen LogP contribution in [0.5, 0.6) is 5.75 Å². The van der Waals surface area contributed by atoms with Crippen molar-refractivity contribution in [3.63, 3.8) is 0 Å². The van der Waals surface area contributed by atoms with Crippen molar-refractivity contribution in [1.82, 2.24) is 0 Å². The van der Waals surface area contributed by atoms with E-state index in [2.05, 4.69) is 6.07 Å². The zero-order valence-electron chi connectivity index (χ0n) is 9.53. The molecule has 88 valence electrons. The van der Waals surface area contributed by atoms with Gasteiger partial charge in [0.15, 0.2) is 0 Å². The molecule has 2 fully saturated rings. The lowest BCUT2D eigenvalue weighted by Crippen LogP contribution is -2.23. The second-order valence-corrected chi connectivity index (χ2v) is 5.49. The summed E-state index contributed by atoms with van der Waals surface area (Å²) in [5.41, 5.74) is 0.506. The van der Waals surface area contributed by atoms with Crippen LogP contribution in [-0.4, -0.2) is 6.10 Å². The number of nitriles is 1. The van der Waals surface area contributed by atoms with Crippen molar-refractivity contribution >= 4 is 11.6 Å². The fourth-order valence-electron chi connectivity index (χ4n) is 3.17. The monoisotopic (exact) mass is 247 g/mol. The van der Waals surface area contributed by atoms with Gasteiger partial charge >= 0.3 is 0 Å². The molecule has 2 aliphatic carbocycles. The first-order valence-electron chi connectivity index (χ1n) is 6.12. The Balaban J connectivity index is 1.74. The highest BCUT2D eigenvalue weighted by Crippen LogP contribution is 2.46. The number of ether oxygens (including phenoxy) is 1. The quantitative estimate of drug-likeness (QED) is 0.797. The average Bonchev–Trinajstić information content (AvgIpc) is 2.91. The normalized spacial score (nSPS) is 30.2. The first-order chi connectivity index (χ1) is 8.26. The van der Waals surface area contributed by atoms with Gasteiger partial charge in [0.05, 0.1) is 10.6 Å². The van der Waals surface area contributed by atoms with Gasteiger partial charge in [-0.25, -0.2) is 0 Å². The summed E-state index contributed by atoms with van der Waals surface area (Å²) >= 11 is 5.99. The molecule has 17 heavy (non-hydrogen) atoms. The van der Waals surface area contributed by atoms with Gasteiger partial charge in [-0.2, -0.15) is 5.26 Å². The maximum absolute atomic E-state index is 8.80. The maximum Gasteiger partial charge on any atom is 0.121 e. The summed E-state index contributed by atoms with van der Waals surface area (Å²) < 4.78 is 6.00. The number of rotatable bonds is 2. The van der Waals surface area contributed by atoms with Gasteiger partial charge in [0.25, 0.3) is 0 Å². The van der Waals surface area contributed by atoms with E-state index in [0.29, 0.717) is 16.7 Å². The highest BCUT2D eigenvalue weighted by Gasteiger charge is 2.40.